The van der Waals surface area contributed by atoms with Gasteiger partial charge < -0.3 is 9.15 Å². The smallest absolute Gasteiger partial charge is 0.316 e. The predicted octanol–water partition coefficient (Wildman–Crippen LogP) is 2.91. The maximum Gasteiger partial charge on any atom is 0.316 e. The van der Waals surface area contributed by atoms with E-state index in [1.807, 2.05) is 38.1 Å². The fourth-order valence-electron chi connectivity index (χ4n) is 1.98. The molecule has 0 N–H and O–H groups in total. The first-order valence-corrected chi connectivity index (χ1v) is 5.93. The molecule has 0 fully saturated rings. The maximum absolute atomic E-state index is 5.46. The summed E-state index contributed by atoms with van der Waals surface area (Å²) in [7, 11) is 1.56. The summed E-state index contributed by atoms with van der Waals surface area (Å²) >= 11 is 0. The van der Waals surface area contributed by atoms with Gasteiger partial charge in [-0.3, -0.25) is 0 Å². The molecule has 3 rings (SSSR count). The highest BCUT2D eigenvalue weighted by Gasteiger charge is 2.08. The Hall–Kier alpha value is -2.43. The zero-order chi connectivity index (χ0) is 13.4. The van der Waals surface area contributed by atoms with Gasteiger partial charge in [-0.25, -0.2) is 9.97 Å². The third-order valence-electron chi connectivity index (χ3n) is 2.81. The molecule has 0 radical (unpaired) electrons. The van der Waals surface area contributed by atoms with E-state index >= 15 is 0 Å². The van der Waals surface area contributed by atoms with E-state index in [1.165, 1.54) is 0 Å². The molecule has 0 aliphatic carbocycles. The largest absolute Gasteiger partial charge is 0.467 e. The minimum absolute atomic E-state index is 0.367. The van der Waals surface area contributed by atoms with Gasteiger partial charge in [-0.1, -0.05) is 0 Å². The third-order valence-corrected chi connectivity index (χ3v) is 2.81. The lowest BCUT2D eigenvalue weighted by molar-refractivity contribution is 0.379. The van der Waals surface area contributed by atoms with Gasteiger partial charge in [-0.05, 0) is 31.2 Å². The highest BCUT2D eigenvalue weighted by atomic mass is 16.5. The number of fused-ring (bicyclic) bond motifs is 1. The van der Waals surface area contributed by atoms with Crippen LogP contribution in [-0.4, -0.2) is 22.1 Å². The van der Waals surface area contributed by atoms with Crippen LogP contribution in [0, 0.1) is 13.8 Å². The Balaban J connectivity index is 2.15. The molecule has 0 aliphatic rings. The molecule has 2 heterocycles. The van der Waals surface area contributed by atoms with Crippen molar-refractivity contribution in [3.8, 4) is 17.3 Å². The van der Waals surface area contributed by atoms with Crippen LogP contribution in [0.25, 0.3) is 22.4 Å². The Labute approximate surface area is 110 Å². The first kappa shape index (κ1) is 11.6. The lowest BCUT2D eigenvalue weighted by Crippen LogP contribution is -1.96. The molecule has 0 saturated heterocycles. The minimum Gasteiger partial charge on any atom is -0.467 e. The van der Waals surface area contributed by atoms with E-state index in [1.54, 1.807) is 7.11 Å². The Bertz CT molecular complexity index is 750. The quantitative estimate of drug-likeness (QED) is 0.704. The molecule has 3 aromatic rings. The van der Waals surface area contributed by atoms with Crippen molar-refractivity contribution in [3.05, 3.63) is 35.9 Å². The number of hydrogen-bond donors (Lipinski definition) is 0. The Morgan fingerprint density at radius 3 is 2.68 bits per heavy atom. The van der Waals surface area contributed by atoms with Crippen LogP contribution in [0.2, 0.25) is 0 Å². The summed E-state index contributed by atoms with van der Waals surface area (Å²) < 4.78 is 10.6. The standard InChI is InChI=1S/C14H13N3O2/c1-8-6-11(17-14(15-8)18-3)10-4-5-13-12(7-10)16-9(2)19-13/h4-7H,1-3H3. The monoisotopic (exact) mass is 255 g/mol. The molecule has 5 heteroatoms. The van der Waals surface area contributed by atoms with Crippen molar-refractivity contribution in [1.29, 1.82) is 0 Å². The number of aryl methyl sites for hydroxylation is 2. The third kappa shape index (κ3) is 2.14. The maximum atomic E-state index is 5.46. The average Bonchev–Trinajstić information content (AvgIpc) is 2.76. The number of nitrogens with zero attached hydrogens (tertiary/aromatic N) is 3. The molecule has 5 nitrogen and oxygen atoms in total. The van der Waals surface area contributed by atoms with E-state index < -0.39 is 0 Å². The molecule has 0 bridgehead atoms. The number of benzene rings is 1. The van der Waals surface area contributed by atoms with Crippen LogP contribution >= 0.6 is 0 Å². The first-order valence-electron chi connectivity index (χ1n) is 5.93. The highest BCUT2D eigenvalue weighted by molar-refractivity contribution is 5.79. The lowest BCUT2D eigenvalue weighted by atomic mass is 10.1. The summed E-state index contributed by atoms with van der Waals surface area (Å²) in [4.78, 5) is 12.8. The second-order valence-electron chi connectivity index (χ2n) is 4.30. The van der Waals surface area contributed by atoms with Crippen LogP contribution in [0.4, 0.5) is 0 Å². The fraction of sp³-hybridized carbons (Fsp3) is 0.214. The van der Waals surface area contributed by atoms with Gasteiger partial charge in [0.15, 0.2) is 11.5 Å². The van der Waals surface area contributed by atoms with Crippen molar-refractivity contribution in [2.45, 2.75) is 13.8 Å². The van der Waals surface area contributed by atoms with Crippen LogP contribution in [0.15, 0.2) is 28.7 Å². The average molecular weight is 255 g/mol. The first-order chi connectivity index (χ1) is 9.15. The molecular formula is C14H13N3O2. The Kier molecular flexibility index (Phi) is 2.67. The summed E-state index contributed by atoms with van der Waals surface area (Å²) in [6.45, 7) is 3.74. The van der Waals surface area contributed by atoms with E-state index in [9.17, 15) is 0 Å². The van der Waals surface area contributed by atoms with Gasteiger partial charge in [0, 0.05) is 18.2 Å². The van der Waals surface area contributed by atoms with E-state index in [2.05, 4.69) is 15.0 Å². The van der Waals surface area contributed by atoms with Crippen LogP contribution in [0.5, 0.6) is 6.01 Å². The molecule has 2 aromatic heterocycles. The molecule has 19 heavy (non-hydrogen) atoms. The zero-order valence-electron chi connectivity index (χ0n) is 11.0. The summed E-state index contributed by atoms with van der Waals surface area (Å²) in [6, 6.07) is 8.08. The highest BCUT2D eigenvalue weighted by Crippen LogP contribution is 2.24. The summed E-state index contributed by atoms with van der Waals surface area (Å²) in [5.41, 5.74) is 4.24. The second-order valence-corrected chi connectivity index (χ2v) is 4.30. The van der Waals surface area contributed by atoms with Crippen molar-refractivity contribution < 1.29 is 9.15 Å². The number of hydrogen-bond acceptors (Lipinski definition) is 5. The SMILES string of the molecule is COc1nc(C)cc(-c2ccc3oc(C)nc3c2)n1. The number of ether oxygens (including phenoxy) is 1. The van der Waals surface area contributed by atoms with Gasteiger partial charge in [0.2, 0.25) is 0 Å². The normalized spacial score (nSPS) is 10.9. The van der Waals surface area contributed by atoms with Gasteiger partial charge in [-0.2, -0.15) is 4.98 Å². The van der Waals surface area contributed by atoms with Gasteiger partial charge in [0.05, 0.1) is 12.8 Å². The van der Waals surface area contributed by atoms with Crippen LogP contribution in [0.1, 0.15) is 11.6 Å². The van der Waals surface area contributed by atoms with E-state index in [0.717, 1.165) is 28.1 Å². The van der Waals surface area contributed by atoms with Gasteiger partial charge in [0.1, 0.15) is 5.52 Å². The summed E-state index contributed by atoms with van der Waals surface area (Å²) in [5, 5.41) is 0. The van der Waals surface area contributed by atoms with Crippen molar-refractivity contribution in [1.82, 2.24) is 15.0 Å². The Morgan fingerprint density at radius 1 is 1.05 bits per heavy atom. The van der Waals surface area contributed by atoms with Crippen molar-refractivity contribution in [2.24, 2.45) is 0 Å². The van der Waals surface area contributed by atoms with Crippen molar-refractivity contribution in [2.75, 3.05) is 7.11 Å². The van der Waals surface area contributed by atoms with Gasteiger partial charge >= 0.3 is 6.01 Å². The summed E-state index contributed by atoms with van der Waals surface area (Å²) in [5.74, 6) is 0.656. The predicted molar refractivity (Wildman–Crippen MR) is 71.1 cm³/mol. The van der Waals surface area contributed by atoms with Crippen LogP contribution in [-0.2, 0) is 0 Å². The van der Waals surface area contributed by atoms with E-state index in [0.29, 0.717) is 11.9 Å². The molecule has 1 aromatic carbocycles. The number of aromatic nitrogens is 3. The van der Waals surface area contributed by atoms with Crippen LogP contribution in [0.3, 0.4) is 0 Å². The van der Waals surface area contributed by atoms with Crippen molar-refractivity contribution >= 4 is 11.1 Å². The number of methoxy groups -OCH3 is 1. The topological polar surface area (TPSA) is 61.0 Å². The molecule has 96 valence electrons. The summed E-state index contributed by atoms with van der Waals surface area (Å²) in [6.07, 6.45) is 0. The van der Waals surface area contributed by atoms with Crippen molar-refractivity contribution in [3.63, 3.8) is 0 Å². The molecule has 0 atom stereocenters. The zero-order valence-corrected chi connectivity index (χ0v) is 11.0. The van der Waals surface area contributed by atoms with Gasteiger partial charge in [0.25, 0.3) is 0 Å². The molecule has 0 unspecified atom stereocenters. The van der Waals surface area contributed by atoms with Crippen LogP contribution < -0.4 is 4.74 Å². The molecule has 0 aliphatic heterocycles. The van der Waals surface area contributed by atoms with Gasteiger partial charge in [-0.15, -0.1) is 0 Å². The second kappa shape index (κ2) is 4.35. The minimum atomic E-state index is 0.367. The Morgan fingerprint density at radius 2 is 1.89 bits per heavy atom. The fourth-order valence-corrected chi connectivity index (χ4v) is 1.98. The molecule has 0 saturated carbocycles. The molecule has 0 spiro atoms. The van der Waals surface area contributed by atoms with E-state index in [-0.39, 0.29) is 0 Å². The van der Waals surface area contributed by atoms with E-state index in [4.69, 9.17) is 9.15 Å². The number of oxazole rings is 1. The lowest BCUT2D eigenvalue weighted by Gasteiger charge is -2.04. The number of rotatable bonds is 2. The molecular weight excluding hydrogens is 242 g/mol. The molecule has 0 amide bonds.